The van der Waals surface area contributed by atoms with Gasteiger partial charge in [-0.2, -0.15) is 0 Å². The molecule has 1 fully saturated rings. The zero-order chi connectivity index (χ0) is 13.8. The molecule has 1 aromatic carbocycles. The highest BCUT2D eigenvalue weighted by Gasteiger charge is 2.28. The van der Waals surface area contributed by atoms with Crippen LogP contribution >= 0.6 is 0 Å². The van der Waals surface area contributed by atoms with Crippen molar-refractivity contribution >= 4 is 11.6 Å². The Balaban J connectivity index is 1.99. The highest BCUT2D eigenvalue weighted by Crippen LogP contribution is 2.19. The summed E-state index contributed by atoms with van der Waals surface area (Å²) < 4.78 is 0. The Hall–Kier alpha value is -1.55. The summed E-state index contributed by atoms with van der Waals surface area (Å²) in [4.78, 5) is 16.6. The number of amides is 1. The van der Waals surface area contributed by atoms with Crippen LogP contribution in [0.4, 0.5) is 5.69 Å². The van der Waals surface area contributed by atoms with E-state index in [2.05, 4.69) is 19.0 Å². The van der Waals surface area contributed by atoms with E-state index in [4.69, 9.17) is 5.73 Å². The number of anilines is 1. The van der Waals surface area contributed by atoms with E-state index in [-0.39, 0.29) is 5.91 Å². The van der Waals surface area contributed by atoms with E-state index >= 15 is 0 Å². The molecule has 1 heterocycles. The molecular formula is C15H23N3O. The monoisotopic (exact) mass is 261 g/mol. The highest BCUT2D eigenvalue weighted by molar-refractivity contribution is 5.79. The fraction of sp³-hybridized carbons (Fsp3) is 0.533. The van der Waals surface area contributed by atoms with Gasteiger partial charge in [-0.1, -0.05) is 12.1 Å². The lowest BCUT2D eigenvalue weighted by Crippen LogP contribution is -2.42. The molecule has 1 atom stereocenters. The van der Waals surface area contributed by atoms with Crippen LogP contribution in [0.2, 0.25) is 0 Å². The van der Waals surface area contributed by atoms with Gasteiger partial charge in [0.1, 0.15) is 0 Å². The molecule has 1 amide bonds. The predicted octanol–water partition coefficient (Wildman–Crippen LogP) is 1.36. The normalized spacial score (nSPS) is 19.1. The van der Waals surface area contributed by atoms with Gasteiger partial charge < -0.3 is 15.5 Å². The van der Waals surface area contributed by atoms with Gasteiger partial charge >= 0.3 is 0 Å². The summed E-state index contributed by atoms with van der Waals surface area (Å²) in [6.07, 6.45) is 2.68. The summed E-state index contributed by atoms with van der Waals surface area (Å²) in [5, 5.41) is 0. The number of nitrogens with two attached hydrogens (primary N) is 1. The first-order valence-electron chi connectivity index (χ1n) is 6.85. The highest BCUT2D eigenvalue weighted by atomic mass is 16.2. The molecular weight excluding hydrogens is 238 g/mol. The number of carbonyl (C=O) groups is 1. The average Bonchev–Trinajstić information content (AvgIpc) is 2.76. The van der Waals surface area contributed by atoms with E-state index in [0.29, 0.717) is 12.5 Å². The number of rotatable bonds is 4. The van der Waals surface area contributed by atoms with Gasteiger partial charge in [0.15, 0.2) is 0 Å². The largest absolute Gasteiger partial charge is 0.399 e. The Bertz CT molecular complexity index is 445. The second-order valence-electron chi connectivity index (χ2n) is 5.57. The molecule has 1 aliphatic heterocycles. The third-order valence-corrected chi connectivity index (χ3v) is 3.58. The van der Waals surface area contributed by atoms with Crippen LogP contribution in [0.1, 0.15) is 18.4 Å². The third kappa shape index (κ3) is 3.70. The van der Waals surface area contributed by atoms with Gasteiger partial charge in [-0.15, -0.1) is 0 Å². The van der Waals surface area contributed by atoms with Gasteiger partial charge in [0.05, 0.1) is 6.42 Å². The Morgan fingerprint density at radius 3 is 2.95 bits per heavy atom. The minimum absolute atomic E-state index is 0.218. The Morgan fingerprint density at radius 2 is 2.26 bits per heavy atom. The van der Waals surface area contributed by atoms with E-state index in [1.807, 2.05) is 29.2 Å². The minimum Gasteiger partial charge on any atom is -0.399 e. The molecule has 1 saturated heterocycles. The van der Waals surface area contributed by atoms with E-state index in [1.54, 1.807) is 0 Å². The zero-order valence-corrected chi connectivity index (χ0v) is 11.8. The molecule has 0 spiro atoms. The standard InChI is InChI=1S/C15H23N3O/c1-17(2)11-14-7-4-8-18(14)15(19)10-12-5-3-6-13(16)9-12/h3,5-6,9,14H,4,7-8,10-11,16H2,1-2H3. The number of hydrogen-bond acceptors (Lipinski definition) is 3. The Kier molecular flexibility index (Phi) is 4.43. The van der Waals surface area contributed by atoms with E-state index in [9.17, 15) is 4.79 Å². The second-order valence-corrected chi connectivity index (χ2v) is 5.57. The van der Waals surface area contributed by atoms with Crippen molar-refractivity contribution < 1.29 is 4.79 Å². The summed E-state index contributed by atoms with van der Waals surface area (Å²) in [5.74, 6) is 0.218. The topological polar surface area (TPSA) is 49.6 Å². The first-order valence-corrected chi connectivity index (χ1v) is 6.85. The van der Waals surface area contributed by atoms with E-state index in [1.165, 1.54) is 0 Å². The summed E-state index contributed by atoms with van der Waals surface area (Å²) in [7, 11) is 4.11. The molecule has 1 aliphatic rings. The fourth-order valence-electron chi connectivity index (χ4n) is 2.75. The first kappa shape index (κ1) is 13.9. The number of nitrogens with zero attached hydrogens (tertiary/aromatic N) is 2. The van der Waals surface area contributed by atoms with E-state index in [0.717, 1.165) is 37.2 Å². The molecule has 19 heavy (non-hydrogen) atoms. The van der Waals surface area contributed by atoms with Crippen LogP contribution in [-0.4, -0.2) is 48.9 Å². The SMILES string of the molecule is CN(C)CC1CCCN1C(=O)Cc1cccc(N)c1. The molecule has 0 radical (unpaired) electrons. The second kappa shape index (κ2) is 6.06. The van der Waals surface area contributed by atoms with Crippen LogP contribution in [0, 0.1) is 0 Å². The number of nitrogen functional groups attached to an aromatic ring is 1. The molecule has 0 saturated carbocycles. The Labute approximate surface area is 115 Å². The van der Waals surface area contributed by atoms with Crippen LogP contribution in [0.5, 0.6) is 0 Å². The maximum Gasteiger partial charge on any atom is 0.227 e. The van der Waals surface area contributed by atoms with Crippen molar-refractivity contribution in [2.24, 2.45) is 0 Å². The summed E-state index contributed by atoms with van der Waals surface area (Å²) in [5.41, 5.74) is 7.47. The summed E-state index contributed by atoms with van der Waals surface area (Å²) in [6, 6.07) is 7.96. The number of carbonyl (C=O) groups excluding carboxylic acids is 1. The van der Waals surface area contributed by atoms with Crippen molar-refractivity contribution in [3.05, 3.63) is 29.8 Å². The number of likely N-dealkylation sites (tertiary alicyclic amines) is 1. The van der Waals surface area contributed by atoms with Crippen molar-refractivity contribution in [1.29, 1.82) is 0 Å². The smallest absolute Gasteiger partial charge is 0.227 e. The van der Waals surface area contributed by atoms with Crippen molar-refractivity contribution in [3.8, 4) is 0 Å². The molecule has 0 aliphatic carbocycles. The molecule has 1 aromatic rings. The lowest BCUT2D eigenvalue weighted by molar-refractivity contribution is -0.131. The lowest BCUT2D eigenvalue weighted by atomic mass is 10.1. The van der Waals surface area contributed by atoms with Crippen LogP contribution in [0.15, 0.2) is 24.3 Å². The average molecular weight is 261 g/mol. The predicted molar refractivity (Wildman–Crippen MR) is 77.8 cm³/mol. The van der Waals surface area contributed by atoms with Crippen molar-refractivity contribution in [1.82, 2.24) is 9.80 Å². The van der Waals surface area contributed by atoms with Gasteiger partial charge in [-0.3, -0.25) is 4.79 Å². The van der Waals surface area contributed by atoms with Crippen LogP contribution in [0.3, 0.4) is 0 Å². The van der Waals surface area contributed by atoms with Gasteiger partial charge in [0.25, 0.3) is 0 Å². The minimum atomic E-state index is 0.218. The van der Waals surface area contributed by atoms with Gasteiger partial charge in [-0.25, -0.2) is 0 Å². The third-order valence-electron chi connectivity index (χ3n) is 3.58. The number of likely N-dealkylation sites (N-methyl/N-ethyl adjacent to an activating group) is 1. The molecule has 1 unspecified atom stereocenters. The van der Waals surface area contributed by atoms with Crippen molar-refractivity contribution in [3.63, 3.8) is 0 Å². The maximum atomic E-state index is 12.4. The molecule has 4 nitrogen and oxygen atoms in total. The fourth-order valence-corrected chi connectivity index (χ4v) is 2.75. The molecule has 2 rings (SSSR count). The summed E-state index contributed by atoms with van der Waals surface area (Å²) >= 11 is 0. The van der Waals surface area contributed by atoms with E-state index < -0.39 is 0 Å². The molecule has 104 valence electrons. The van der Waals surface area contributed by atoms with Crippen LogP contribution < -0.4 is 5.73 Å². The van der Waals surface area contributed by atoms with Gasteiger partial charge in [-0.05, 0) is 44.6 Å². The van der Waals surface area contributed by atoms with Crippen LogP contribution in [0.25, 0.3) is 0 Å². The van der Waals surface area contributed by atoms with Crippen molar-refractivity contribution in [2.45, 2.75) is 25.3 Å². The van der Waals surface area contributed by atoms with Crippen LogP contribution in [-0.2, 0) is 11.2 Å². The number of hydrogen-bond donors (Lipinski definition) is 1. The number of benzene rings is 1. The lowest BCUT2D eigenvalue weighted by Gasteiger charge is -2.27. The molecule has 0 bridgehead atoms. The Morgan fingerprint density at radius 1 is 1.47 bits per heavy atom. The first-order chi connectivity index (χ1) is 9.06. The quantitative estimate of drug-likeness (QED) is 0.833. The van der Waals surface area contributed by atoms with Crippen molar-refractivity contribution in [2.75, 3.05) is 32.9 Å². The van der Waals surface area contributed by atoms with Gasteiger partial charge in [0.2, 0.25) is 5.91 Å². The molecule has 4 heteroatoms. The van der Waals surface area contributed by atoms with Gasteiger partial charge in [0, 0.05) is 24.8 Å². The molecule has 0 aromatic heterocycles. The molecule has 2 N–H and O–H groups in total. The summed E-state index contributed by atoms with van der Waals surface area (Å²) in [6.45, 7) is 1.84. The maximum absolute atomic E-state index is 12.4. The zero-order valence-electron chi connectivity index (χ0n) is 11.8.